The molecule has 170 valence electrons. The SMILES string of the molecule is COC(=O)/C(=N\Nc1ccc([N+](=O)[O-])cc1)Sc1nnc(-c2ccccc2)n1-c1ccccc1. The van der Waals surface area contributed by atoms with Gasteiger partial charge in [-0.05, 0) is 36.0 Å². The Kier molecular flexibility index (Phi) is 6.94. The molecule has 0 aliphatic rings. The van der Waals surface area contributed by atoms with Crippen LogP contribution in [0.25, 0.3) is 17.1 Å². The average molecular weight is 475 g/mol. The van der Waals surface area contributed by atoms with Crippen LogP contribution in [-0.2, 0) is 9.53 Å². The van der Waals surface area contributed by atoms with Crippen molar-refractivity contribution in [1.82, 2.24) is 14.8 Å². The molecule has 0 aliphatic carbocycles. The molecule has 3 aromatic carbocycles. The third-order valence-electron chi connectivity index (χ3n) is 4.59. The van der Waals surface area contributed by atoms with Gasteiger partial charge in [-0.2, -0.15) is 5.10 Å². The van der Waals surface area contributed by atoms with E-state index in [0.29, 0.717) is 16.7 Å². The number of hydrogen-bond donors (Lipinski definition) is 1. The van der Waals surface area contributed by atoms with E-state index >= 15 is 0 Å². The molecular weight excluding hydrogens is 456 g/mol. The second-order valence-corrected chi connectivity index (χ2v) is 7.73. The number of esters is 1. The van der Waals surface area contributed by atoms with Crippen LogP contribution in [0.15, 0.2) is 95.2 Å². The standard InChI is InChI=1S/C23H18N6O4S/c1-33-22(30)21(26-24-17-12-14-19(15-13-17)29(31)32)34-23-27-25-20(16-8-4-2-5-9-16)28(23)18-10-6-3-7-11-18/h2-15,24H,1H3/b26-21+. The quantitative estimate of drug-likeness (QED) is 0.108. The normalized spacial score (nSPS) is 11.1. The summed E-state index contributed by atoms with van der Waals surface area (Å²) in [6.45, 7) is 0. The number of thioether (sulfide) groups is 1. The van der Waals surface area contributed by atoms with Crippen LogP contribution in [0.2, 0.25) is 0 Å². The monoisotopic (exact) mass is 474 g/mol. The van der Waals surface area contributed by atoms with Crippen LogP contribution in [0.5, 0.6) is 0 Å². The average Bonchev–Trinajstić information content (AvgIpc) is 3.31. The Morgan fingerprint density at radius 2 is 1.65 bits per heavy atom. The summed E-state index contributed by atoms with van der Waals surface area (Å²) in [5.41, 5.74) is 4.80. The number of anilines is 1. The molecule has 4 rings (SSSR count). The summed E-state index contributed by atoms with van der Waals surface area (Å²) in [4.78, 5) is 22.8. The minimum Gasteiger partial charge on any atom is -0.464 e. The van der Waals surface area contributed by atoms with Gasteiger partial charge in [0, 0.05) is 23.4 Å². The summed E-state index contributed by atoms with van der Waals surface area (Å²) >= 11 is 0.980. The molecular formula is C23H18N6O4S. The van der Waals surface area contributed by atoms with Gasteiger partial charge in [0.2, 0.25) is 10.2 Å². The van der Waals surface area contributed by atoms with Crippen molar-refractivity contribution >= 4 is 34.1 Å². The first-order valence-electron chi connectivity index (χ1n) is 9.97. The third kappa shape index (κ3) is 5.10. The van der Waals surface area contributed by atoms with E-state index < -0.39 is 10.9 Å². The second kappa shape index (κ2) is 10.4. The number of nitro groups is 1. The smallest absolute Gasteiger partial charge is 0.365 e. The second-order valence-electron chi connectivity index (χ2n) is 6.77. The first-order valence-corrected chi connectivity index (χ1v) is 10.8. The molecule has 1 heterocycles. The molecule has 0 fully saturated rings. The Balaban J connectivity index is 1.69. The largest absolute Gasteiger partial charge is 0.464 e. The van der Waals surface area contributed by atoms with E-state index in [4.69, 9.17) is 4.74 Å². The molecule has 1 aromatic heterocycles. The van der Waals surface area contributed by atoms with E-state index in [0.717, 1.165) is 23.0 Å². The van der Waals surface area contributed by atoms with Crippen LogP contribution in [0.1, 0.15) is 0 Å². The Morgan fingerprint density at radius 3 is 2.26 bits per heavy atom. The van der Waals surface area contributed by atoms with E-state index in [-0.39, 0.29) is 10.7 Å². The predicted molar refractivity (Wildman–Crippen MR) is 129 cm³/mol. The number of non-ortho nitro benzene ring substituents is 1. The van der Waals surface area contributed by atoms with Gasteiger partial charge >= 0.3 is 5.97 Å². The number of ether oxygens (including phenoxy) is 1. The highest BCUT2D eigenvalue weighted by molar-refractivity contribution is 8.15. The number of hydrogen-bond acceptors (Lipinski definition) is 9. The van der Waals surface area contributed by atoms with Crippen molar-refractivity contribution in [3.8, 4) is 17.1 Å². The highest BCUT2D eigenvalue weighted by Crippen LogP contribution is 2.29. The topological polar surface area (TPSA) is 125 Å². The van der Waals surface area contributed by atoms with Gasteiger partial charge in [-0.15, -0.1) is 10.2 Å². The molecule has 0 amide bonds. The van der Waals surface area contributed by atoms with Crippen LogP contribution >= 0.6 is 11.8 Å². The third-order valence-corrected chi connectivity index (χ3v) is 5.49. The number of aromatic nitrogens is 3. The van der Waals surface area contributed by atoms with Crippen LogP contribution in [0.4, 0.5) is 11.4 Å². The van der Waals surface area contributed by atoms with Gasteiger partial charge in [-0.1, -0.05) is 48.5 Å². The minimum absolute atomic E-state index is 0.0231. The summed E-state index contributed by atoms with van der Waals surface area (Å²) in [5, 5.41) is 24.0. The lowest BCUT2D eigenvalue weighted by atomic mass is 10.2. The van der Waals surface area contributed by atoms with Gasteiger partial charge in [0.15, 0.2) is 5.82 Å². The Labute approximate surface area is 198 Å². The molecule has 0 saturated heterocycles. The number of carbonyl (C=O) groups is 1. The first kappa shape index (κ1) is 22.7. The van der Waals surface area contributed by atoms with Crippen molar-refractivity contribution in [1.29, 1.82) is 0 Å². The lowest BCUT2D eigenvalue weighted by Crippen LogP contribution is -2.15. The Hall–Kier alpha value is -4.51. The molecule has 0 atom stereocenters. The van der Waals surface area contributed by atoms with Crippen molar-refractivity contribution < 1.29 is 14.5 Å². The summed E-state index contributed by atoms with van der Waals surface area (Å²) < 4.78 is 6.71. The van der Waals surface area contributed by atoms with Gasteiger partial charge in [-0.25, -0.2) is 4.79 Å². The molecule has 0 radical (unpaired) electrons. The maximum absolute atomic E-state index is 12.4. The summed E-state index contributed by atoms with van der Waals surface area (Å²) in [7, 11) is 1.25. The molecule has 11 heteroatoms. The molecule has 1 N–H and O–H groups in total. The van der Waals surface area contributed by atoms with Gasteiger partial charge in [-0.3, -0.25) is 20.1 Å². The number of nitrogens with zero attached hydrogens (tertiary/aromatic N) is 5. The fourth-order valence-corrected chi connectivity index (χ4v) is 3.77. The van der Waals surface area contributed by atoms with Gasteiger partial charge < -0.3 is 4.74 Å². The zero-order valence-electron chi connectivity index (χ0n) is 17.9. The first-order chi connectivity index (χ1) is 16.6. The fraction of sp³-hybridized carbons (Fsp3) is 0.0435. The van der Waals surface area contributed by atoms with E-state index in [9.17, 15) is 14.9 Å². The Bertz CT molecular complexity index is 1320. The highest BCUT2D eigenvalue weighted by atomic mass is 32.2. The lowest BCUT2D eigenvalue weighted by molar-refractivity contribution is -0.384. The number of hydrazone groups is 1. The molecule has 4 aromatic rings. The summed E-state index contributed by atoms with van der Waals surface area (Å²) in [6, 6.07) is 24.7. The van der Waals surface area contributed by atoms with E-state index in [1.165, 1.54) is 31.4 Å². The molecule has 10 nitrogen and oxygen atoms in total. The number of rotatable bonds is 6. The van der Waals surface area contributed by atoms with Crippen LogP contribution in [-0.4, -0.2) is 37.8 Å². The molecule has 34 heavy (non-hydrogen) atoms. The van der Waals surface area contributed by atoms with E-state index in [1.807, 2.05) is 65.2 Å². The maximum atomic E-state index is 12.4. The number of benzene rings is 3. The Morgan fingerprint density at radius 1 is 1.00 bits per heavy atom. The molecule has 0 saturated carbocycles. The van der Waals surface area contributed by atoms with Crippen molar-refractivity contribution in [3.05, 3.63) is 95.0 Å². The molecule has 0 unspecified atom stereocenters. The maximum Gasteiger partial charge on any atom is 0.365 e. The van der Waals surface area contributed by atoms with E-state index in [1.54, 1.807) is 0 Å². The number of carbonyl (C=O) groups excluding carboxylic acids is 1. The van der Waals surface area contributed by atoms with Crippen LogP contribution in [0.3, 0.4) is 0 Å². The predicted octanol–water partition coefficient (Wildman–Crippen LogP) is 4.53. The van der Waals surface area contributed by atoms with E-state index in [2.05, 4.69) is 20.7 Å². The highest BCUT2D eigenvalue weighted by Gasteiger charge is 2.22. The van der Waals surface area contributed by atoms with Crippen LogP contribution < -0.4 is 5.43 Å². The fourth-order valence-electron chi connectivity index (χ4n) is 2.98. The van der Waals surface area contributed by atoms with Gasteiger partial charge in [0.25, 0.3) is 5.69 Å². The number of para-hydroxylation sites is 1. The summed E-state index contributed by atoms with van der Waals surface area (Å²) in [6.07, 6.45) is 0. The number of nitro benzene ring substituents is 1. The molecule has 0 aliphatic heterocycles. The molecule has 0 bridgehead atoms. The summed E-state index contributed by atoms with van der Waals surface area (Å²) in [5.74, 6) is -0.0786. The van der Waals surface area contributed by atoms with Crippen LogP contribution in [0, 0.1) is 10.1 Å². The zero-order valence-corrected chi connectivity index (χ0v) is 18.7. The molecule has 0 spiro atoms. The van der Waals surface area contributed by atoms with Crippen molar-refractivity contribution in [2.45, 2.75) is 5.16 Å². The zero-order chi connectivity index (χ0) is 23.9. The van der Waals surface area contributed by atoms with Crippen molar-refractivity contribution in [3.63, 3.8) is 0 Å². The number of methoxy groups -OCH3 is 1. The van der Waals surface area contributed by atoms with Crippen molar-refractivity contribution in [2.24, 2.45) is 5.10 Å². The lowest BCUT2D eigenvalue weighted by Gasteiger charge is -2.11. The minimum atomic E-state index is -0.678. The van der Waals surface area contributed by atoms with Crippen molar-refractivity contribution in [2.75, 3.05) is 12.5 Å². The van der Waals surface area contributed by atoms with Gasteiger partial charge in [0.05, 0.1) is 17.7 Å². The van der Waals surface area contributed by atoms with Gasteiger partial charge in [0.1, 0.15) is 0 Å². The number of nitrogens with one attached hydrogen (secondary N) is 1.